The minimum atomic E-state index is -0.353. The highest BCUT2D eigenvalue weighted by atomic mass is 32.1. The van der Waals surface area contributed by atoms with Crippen molar-refractivity contribution in [2.45, 2.75) is 39.8 Å². The van der Waals surface area contributed by atoms with Crippen LogP contribution in [0.5, 0.6) is 0 Å². The molecule has 0 saturated heterocycles. The zero-order valence-electron chi connectivity index (χ0n) is 18.0. The number of ether oxygens (including phenoxy) is 2. The Morgan fingerprint density at radius 1 is 1.30 bits per heavy atom. The number of benzene rings is 1. The monoisotopic (exact) mass is 436 g/mol. The van der Waals surface area contributed by atoms with Gasteiger partial charge in [0.15, 0.2) is 5.96 Å². The first-order valence-corrected chi connectivity index (χ1v) is 10.7. The average Bonchev–Trinajstić information content (AvgIpc) is 3.12. The van der Waals surface area contributed by atoms with Crippen LogP contribution in [0.1, 0.15) is 58.9 Å². The Kier molecular flexibility index (Phi) is 9.19. The van der Waals surface area contributed by atoms with Gasteiger partial charge in [-0.3, -0.25) is 4.99 Å². The van der Waals surface area contributed by atoms with Gasteiger partial charge in [-0.05, 0) is 45.4 Å². The Labute approximate surface area is 180 Å². The molecule has 2 atom stereocenters. The summed E-state index contributed by atoms with van der Waals surface area (Å²) in [5.41, 5.74) is 1.50. The lowest BCUT2D eigenvalue weighted by molar-refractivity contribution is 0.0531. The minimum Gasteiger partial charge on any atom is -0.462 e. The van der Waals surface area contributed by atoms with Crippen molar-refractivity contribution >= 4 is 23.3 Å². The smallest absolute Gasteiger partial charge is 0.350 e. The van der Waals surface area contributed by atoms with Gasteiger partial charge in [0, 0.05) is 13.7 Å². The molecule has 7 nitrogen and oxygen atoms in total. The van der Waals surface area contributed by atoms with Crippen molar-refractivity contribution in [3.63, 3.8) is 0 Å². The molecule has 1 aromatic carbocycles. The molecule has 0 aliphatic carbocycles. The maximum Gasteiger partial charge on any atom is 0.350 e. The Morgan fingerprint density at radius 3 is 2.60 bits per heavy atom. The molecule has 2 rings (SSSR count). The van der Waals surface area contributed by atoms with Crippen LogP contribution in [-0.4, -0.2) is 43.7 Å². The first-order chi connectivity index (χ1) is 14.4. The van der Waals surface area contributed by atoms with Crippen molar-refractivity contribution in [2.24, 2.45) is 4.99 Å². The first kappa shape index (κ1) is 23.8. The minimum absolute atomic E-state index is 0.165. The van der Waals surface area contributed by atoms with Gasteiger partial charge in [0.2, 0.25) is 0 Å². The molecule has 0 aliphatic rings. The van der Waals surface area contributed by atoms with Crippen LogP contribution in [0.4, 0.5) is 4.39 Å². The molecule has 30 heavy (non-hydrogen) atoms. The largest absolute Gasteiger partial charge is 0.462 e. The summed E-state index contributed by atoms with van der Waals surface area (Å²) in [7, 11) is 1.60. The number of guanidine groups is 1. The number of hydrogen-bond acceptors (Lipinski definition) is 6. The Bertz CT molecular complexity index is 854. The zero-order valence-corrected chi connectivity index (χ0v) is 18.8. The first-order valence-electron chi connectivity index (χ1n) is 9.87. The molecule has 164 valence electrons. The van der Waals surface area contributed by atoms with E-state index in [1.54, 1.807) is 33.1 Å². The molecular weight excluding hydrogens is 407 g/mol. The molecule has 0 spiro atoms. The predicted octanol–water partition coefficient (Wildman–Crippen LogP) is 3.77. The summed E-state index contributed by atoms with van der Waals surface area (Å²) in [4.78, 5) is 21.7. The molecular formula is C21H29FN4O3S. The molecule has 9 heteroatoms. The molecule has 2 unspecified atom stereocenters. The fraction of sp³-hybridized carbons (Fsp3) is 0.476. The van der Waals surface area contributed by atoms with Gasteiger partial charge in [0.25, 0.3) is 0 Å². The summed E-state index contributed by atoms with van der Waals surface area (Å²) in [6, 6.07) is 6.03. The highest BCUT2D eigenvalue weighted by molar-refractivity contribution is 7.13. The topological polar surface area (TPSA) is 84.8 Å². The highest BCUT2D eigenvalue weighted by Crippen LogP contribution is 2.24. The molecule has 1 aromatic heterocycles. The maximum absolute atomic E-state index is 13.2. The van der Waals surface area contributed by atoms with Crippen LogP contribution in [0.15, 0.2) is 29.3 Å². The number of rotatable bonds is 9. The van der Waals surface area contributed by atoms with E-state index in [2.05, 4.69) is 20.6 Å². The van der Waals surface area contributed by atoms with Crippen LogP contribution in [0.3, 0.4) is 0 Å². The van der Waals surface area contributed by atoms with E-state index < -0.39 is 0 Å². The summed E-state index contributed by atoms with van der Waals surface area (Å²) in [5, 5.41) is 7.27. The van der Waals surface area contributed by atoms with Crippen LogP contribution in [-0.2, 0) is 9.47 Å². The highest BCUT2D eigenvalue weighted by Gasteiger charge is 2.20. The molecule has 2 N–H and O–H groups in total. The number of carbonyl (C=O) groups excluding carboxylic acids is 1. The van der Waals surface area contributed by atoms with E-state index in [1.807, 2.05) is 13.8 Å². The van der Waals surface area contributed by atoms with E-state index in [1.165, 1.54) is 23.5 Å². The maximum atomic E-state index is 13.2. The van der Waals surface area contributed by atoms with Gasteiger partial charge in [-0.15, -0.1) is 11.3 Å². The number of esters is 1. The van der Waals surface area contributed by atoms with Crippen molar-refractivity contribution in [2.75, 3.05) is 26.8 Å². The molecule has 0 amide bonds. The molecule has 0 fully saturated rings. The van der Waals surface area contributed by atoms with E-state index in [0.29, 0.717) is 36.2 Å². The van der Waals surface area contributed by atoms with E-state index in [4.69, 9.17) is 9.47 Å². The van der Waals surface area contributed by atoms with Crippen molar-refractivity contribution in [1.82, 2.24) is 15.6 Å². The quantitative estimate of drug-likeness (QED) is 0.354. The van der Waals surface area contributed by atoms with Crippen LogP contribution in [0.25, 0.3) is 0 Å². The number of carbonyl (C=O) groups is 1. The Morgan fingerprint density at radius 2 is 2.00 bits per heavy atom. The van der Waals surface area contributed by atoms with Gasteiger partial charge in [-0.25, -0.2) is 14.2 Å². The summed E-state index contributed by atoms with van der Waals surface area (Å²) in [6.45, 7) is 8.86. The van der Waals surface area contributed by atoms with Crippen molar-refractivity contribution in [1.29, 1.82) is 0 Å². The molecule has 0 radical (unpaired) electrons. The second-order valence-corrected chi connectivity index (χ2v) is 7.58. The van der Waals surface area contributed by atoms with Crippen LogP contribution < -0.4 is 10.6 Å². The fourth-order valence-electron chi connectivity index (χ4n) is 2.74. The lowest BCUT2D eigenvalue weighted by Gasteiger charge is -2.18. The summed E-state index contributed by atoms with van der Waals surface area (Å²) < 4.78 is 23.8. The number of hydrogen-bond donors (Lipinski definition) is 2. The number of halogens is 1. The third-order valence-electron chi connectivity index (χ3n) is 4.28. The zero-order chi connectivity index (χ0) is 22.1. The predicted molar refractivity (Wildman–Crippen MR) is 116 cm³/mol. The van der Waals surface area contributed by atoms with E-state index in [9.17, 15) is 9.18 Å². The second-order valence-electron chi connectivity index (χ2n) is 6.55. The number of thiazole rings is 1. The van der Waals surface area contributed by atoms with Gasteiger partial charge in [-0.1, -0.05) is 12.1 Å². The van der Waals surface area contributed by atoms with Gasteiger partial charge in [-0.2, -0.15) is 0 Å². The standard InChI is InChI=1S/C21H29FN4O3S/c1-6-23-21(24-12-17(28-5)15-8-10-16(22)11-9-15)26-14(4)19-25-13(3)18(30-19)20(27)29-7-2/h8-11,14,17H,6-7,12H2,1-5H3,(H2,23,24,26). The van der Waals surface area contributed by atoms with Gasteiger partial charge < -0.3 is 20.1 Å². The number of aromatic nitrogens is 1. The number of aryl methyl sites for hydroxylation is 1. The van der Waals surface area contributed by atoms with Gasteiger partial charge in [0.1, 0.15) is 21.8 Å². The van der Waals surface area contributed by atoms with Crippen LogP contribution >= 0.6 is 11.3 Å². The van der Waals surface area contributed by atoms with Crippen molar-refractivity contribution in [3.8, 4) is 0 Å². The second kappa shape index (κ2) is 11.6. The SMILES string of the molecule is CCNC(=NCC(OC)c1ccc(F)cc1)NC(C)c1nc(C)c(C(=O)OCC)s1. The lowest BCUT2D eigenvalue weighted by Crippen LogP contribution is -2.39. The number of nitrogens with one attached hydrogen (secondary N) is 2. The molecule has 0 aliphatic heterocycles. The van der Waals surface area contributed by atoms with E-state index in [-0.39, 0.29) is 23.9 Å². The van der Waals surface area contributed by atoms with Crippen LogP contribution in [0, 0.1) is 12.7 Å². The number of nitrogens with zero attached hydrogens (tertiary/aromatic N) is 2. The average molecular weight is 437 g/mol. The Balaban J connectivity index is 2.11. The molecule has 2 aromatic rings. The Hall–Kier alpha value is -2.52. The van der Waals surface area contributed by atoms with E-state index >= 15 is 0 Å². The normalized spacial score (nSPS) is 13.6. The van der Waals surface area contributed by atoms with Crippen LogP contribution in [0.2, 0.25) is 0 Å². The fourth-order valence-corrected chi connectivity index (χ4v) is 3.71. The summed E-state index contributed by atoms with van der Waals surface area (Å²) in [5.74, 6) is -0.0460. The van der Waals surface area contributed by atoms with Crippen molar-refractivity contribution < 1.29 is 18.7 Å². The molecule has 0 saturated carbocycles. The lowest BCUT2D eigenvalue weighted by atomic mass is 10.1. The number of aliphatic imine (C=N–C) groups is 1. The van der Waals surface area contributed by atoms with E-state index in [0.717, 1.165) is 10.6 Å². The summed E-state index contributed by atoms with van der Waals surface area (Å²) >= 11 is 1.31. The van der Waals surface area contributed by atoms with Gasteiger partial charge >= 0.3 is 5.97 Å². The number of methoxy groups -OCH3 is 1. The third kappa shape index (κ3) is 6.50. The summed E-state index contributed by atoms with van der Waals surface area (Å²) in [6.07, 6.45) is -0.297. The molecule has 1 heterocycles. The van der Waals surface area contributed by atoms with Gasteiger partial charge in [0.05, 0.1) is 24.9 Å². The van der Waals surface area contributed by atoms with Crippen molar-refractivity contribution in [3.05, 3.63) is 51.2 Å². The molecule has 0 bridgehead atoms. The third-order valence-corrected chi connectivity index (χ3v) is 5.60.